The zero-order valence-electron chi connectivity index (χ0n) is 10.7. The highest BCUT2D eigenvalue weighted by atomic mass is 35.5. The van der Waals surface area contributed by atoms with Gasteiger partial charge in [0.25, 0.3) is 0 Å². The zero-order chi connectivity index (χ0) is 14.9. The van der Waals surface area contributed by atoms with Crippen LogP contribution in [0.1, 0.15) is 5.56 Å². The molecule has 0 fully saturated rings. The molecule has 0 saturated carbocycles. The van der Waals surface area contributed by atoms with Crippen molar-refractivity contribution >= 4 is 33.5 Å². The first-order valence-electron chi connectivity index (χ1n) is 5.50. The van der Waals surface area contributed by atoms with Gasteiger partial charge in [-0.25, -0.2) is 9.10 Å². The molecule has 0 aromatic heterocycles. The number of nitrogens with zero attached hydrogens (tertiary/aromatic N) is 2. The van der Waals surface area contributed by atoms with Gasteiger partial charge in [-0.05, 0) is 18.2 Å². The van der Waals surface area contributed by atoms with Gasteiger partial charge in [-0.2, -0.15) is 8.42 Å². The number of carbonyl (C=O) groups is 1. The van der Waals surface area contributed by atoms with Gasteiger partial charge in [0.1, 0.15) is 5.70 Å². The van der Waals surface area contributed by atoms with Gasteiger partial charge in [0, 0.05) is 17.6 Å². The van der Waals surface area contributed by atoms with Crippen LogP contribution in [0.15, 0.2) is 40.4 Å². The highest BCUT2D eigenvalue weighted by Gasteiger charge is 2.30. The summed E-state index contributed by atoms with van der Waals surface area (Å²) in [7, 11) is -1.56. The maximum absolute atomic E-state index is 11.9. The van der Waals surface area contributed by atoms with E-state index in [1.807, 2.05) is 0 Å². The fourth-order valence-corrected chi connectivity index (χ4v) is 2.73. The number of hydrogen-bond donors (Lipinski definition) is 0. The van der Waals surface area contributed by atoms with Gasteiger partial charge >= 0.3 is 16.2 Å². The minimum atomic E-state index is -3.97. The number of esters is 1. The van der Waals surface area contributed by atoms with Crippen LogP contribution in [0.2, 0.25) is 5.02 Å². The maximum atomic E-state index is 11.9. The van der Waals surface area contributed by atoms with E-state index in [2.05, 4.69) is 9.13 Å². The van der Waals surface area contributed by atoms with Crippen molar-refractivity contribution in [1.82, 2.24) is 4.31 Å². The number of ether oxygens (including phenoxy) is 1. The molecule has 106 valence electrons. The molecule has 0 unspecified atom stereocenters. The second-order valence-corrected chi connectivity index (χ2v) is 6.02. The molecule has 1 heterocycles. The molecule has 8 heteroatoms. The van der Waals surface area contributed by atoms with Crippen molar-refractivity contribution < 1.29 is 17.9 Å². The lowest BCUT2D eigenvalue weighted by Gasteiger charge is -2.22. The lowest BCUT2D eigenvalue weighted by Crippen LogP contribution is -2.33. The van der Waals surface area contributed by atoms with Crippen molar-refractivity contribution in [2.75, 3.05) is 14.2 Å². The van der Waals surface area contributed by atoms with Crippen LogP contribution in [0, 0.1) is 0 Å². The van der Waals surface area contributed by atoms with E-state index in [0.717, 1.165) is 4.31 Å². The molecule has 20 heavy (non-hydrogen) atoms. The summed E-state index contributed by atoms with van der Waals surface area (Å²) in [4.78, 5) is 11.6. The molecule has 0 radical (unpaired) electrons. The smallest absolute Gasteiger partial charge is 0.355 e. The molecule has 2 rings (SSSR count). The lowest BCUT2D eigenvalue weighted by atomic mass is 10.1. The summed E-state index contributed by atoms with van der Waals surface area (Å²) < 4.78 is 32.9. The Bertz CT molecular complexity index is 725. The Morgan fingerprint density at radius 3 is 2.70 bits per heavy atom. The monoisotopic (exact) mass is 314 g/mol. The number of carbonyl (C=O) groups excluding carboxylic acids is 1. The van der Waals surface area contributed by atoms with Gasteiger partial charge in [-0.3, -0.25) is 0 Å². The van der Waals surface area contributed by atoms with Crippen LogP contribution in [0.5, 0.6) is 0 Å². The number of methoxy groups -OCH3 is 1. The predicted molar refractivity (Wildman–Crippen MR) is 74.8 cm³/mol. The van der Waals surface area contributed by atoms with Crippen molar-refractivity contribution in [2.45, 2.75) is 0 Å². The molecular weight excluding hydrogens is 304 g/mol. The summed E-state index contributed by atoms with van der Waals surface area (Å²) in [5, 5.41) is 0.439. The molecule has 0 bridgehead atoms. The second-order valence-electron chi connectivity index (χ2n) is 3.95. The van der Waals surface area contributed by atoms with Gasteiger partial charge in [-0.1, -0.05) is 23.7 Å². The number of likely N-dealkylation sites (N-methyl/N-ethyl adjacent to an activating group) is 1. The molecule has 0 atom stereocenters. The molecule has 6 nitrogen and oxygen atoms in total. The summed E-state index contributed by atoms with van der Waals surface area (Å²) >= 11 is 5.86. The first-order chi connectivity index (χ1) is 9.35. The van der Waals surface area contributed by atoms with E-state index in [-0.39, 0.29) is 11.4 Å². The molecule has 0 saturated heterocycles. The van der Waals surface area contributed by atoms with Gasteiger partial charge in [0.05, 0.1) is 12.8 Å². The molecule has 0 aliphatic carbocycles. The van der Waals surface area contributed by atoms with Crippen molar-refractivity contribution in [3.8, 4) is 0 Å². The third-order valence-corrected chi connectivity index (χ3v) is 4.24. The highest BCUT2D eigenvalue weighted by Crippen LogP contribution is 2.21. The summed E-state index contributed by atoms with van der Waals surface area (Å²) in [5.74, 6) is -0.759. The van der Waals surface area contributed by atoms with Crippen LogP contribution < -0.4 is 0 Å². The van der Waals surface area contributed by atoms with Crippen molar-refractivity contribution in [3.63, 3.8) is 0 Å². The van der Waals surface area contributed by atoms with E-state index >= 15 is 0 Å². The highest BCUT2D eigenvalue weighted by molar-refractivity contribution is 7.88. The van der Waals surface area contributed by atoms with E-state index in [0.29, 0.717) is 10.6 Å². The summed E-state index contributed by atoms with van der Waals surface area (Å²) in [6.07, 6.45) is 1.35. The van der Waals surface area contributed by atoms with E-state index in [1.54, 1.807) is 24.3 Å². The molecule has 0 spiro atoms. The van der Waals surface area contributed by atoms with E-state index in [9.17, 15) is 13.2 Å². The van der Waals surface area contributed by atoms with Crippen LogP contribution in [-0.4, -0.2) is 38.6 Å². The van der Waals surface area contributed by atoms with Crippen LogP contribution in [0.25, 0.3) is 0 Å². The number of benzene rings is 1. The minimum absolute atomic E-state index is 0.113. The summed E-state index contributed by atoms with van der Waals surface area (Å²) in [5.41, 5.74) is 0.513. The van der Waals surface area contributed by atoms with Crippen molar-refractivity contribution in [3.05, 3.63) is 46.6 Å². The van der Waals surface area contributed by atoms with Crippen molar-refractivity contribution in [2.24, 2.45) is 4.40 Å². The van der Waals surface area contributed by atoms with Crippen LogP contribution in [-0.2, 0) is 19.7 Å². The number of hydrogen-bond acceptors (Lipinski definition) is 4. The standard InChI is InChI=1S/C12H11ClN2O4S/c1-15-11(12(16)19-2)7-10(14-20(15,17)18)8-4-3-5-9(13)6-8/h3-7H,1-2H3. The number of halogens is 1. The molecular formula is C12H11ClN2O4S. The zero-order valence-corrected chi connectivity index (χ0v) is 12.3. The number of rotatable bonds is 2. The molecule has 1 aromatic carbocycles. The van der Waals surface area contributed by atoms with Crippen molar-refractivity contribution in [1.29, 1.82) is 0 Å². The van der Waals surface area contributed by atoms with Gasteiger partial charge in [0.2, 0.25) is 0 Å². The fourth-order valence-electron chi connectivity index (χ4n) is 1.63. The predicted octanol–water partition coefficient (Wildman–Crippen LogP) is 1.38. The fraction of sp³-hybridized carbons (Fsp3) is 0.167. The van der Waals surface area contributed by atoms with E-state index in [4.69, 9.17) is 11.6 Å². The second kappa shape index (κ2) is 5.26. The Kier molecular flexibility index (Phi) is 3.82. The Labute approximate surface area is 121 Å². The Balaban J connectivity index is 2.58. The van der Waals surface area contributed by atoms with Gasteiger partial charge < -0.3 is 4.74 Å². The average molecular weight is 315 g/mol. The topological polar surface area (TPSA) is 76.0 Å². The molecule has 0 N–H and O–H groups in total. The maximum Gasteiger partial charge on any atom is 0.355 e. The molecule has 0 amide bonds. The summed E-state index contributed by atoms with van der Waals surface area (Å²) in [6.45, 7) is 0. The first kappa shape index (κ1) is 14.5. The Morgan fingerprint density at radius 1 is 1.40 bits per heavy atom. The van der Waals surface area contributed by atoms with E-state index < -0.39 is 16.2 Å². The molecule has 1 aromatic rings. The lowest BCUT2D eigenvalue weighted by molar-refractivity contribution is -0.137. The normalized spacial score (nSPS) is 17.2. The molecule has 1 aliphatic rings. The van der Waals surface area contributed by atoms with Gasteiger partial charge in [-0.15, -0.1) is 4.40 Å². The van der Waals surface area contributed by atoms with Crippen LogP contribution >= 0.6 is 11.6 Å². The Morgan fingerprint density at radius 2 is 2.10 bits per heavy atom. The minimum Gasteiger partial charge on any atom is -0.464 e. The largest absolute Gasteiger partial charge is 0.464 e. The Hall–Kier alpha value is -1.86. The van der Waals surface area contributed by atoms with E-state index in [1.165, 1.54) is 20.2 Å². The SMILES string of the molecule is COC(=O)C1=CC(c2cccc(Cl)c2)=NS(=O)(=O)N1C. The van der Waals surface area contributed by atoms with Gasteiger partial charge in [0.15, 0.2) is 0 Å². The molecule has 1 aliphatic heterocycles. The quantitative estimate of drug-likeness (QED) is 0.773. The van der Waals surface area contributed by atoms with Crippen LogP contribution in [0.3, 0.4) is 0 Å². The summed E-state index contributed by atoms with van der Waals surface area (Å²) in [6, 6.07) is 6.53. The average Bonchev–Trinajstić information content (AvgIpc) is 2.40. The third-order valence-electron chi connectivity index (χ3n) is 2.69. The first-order valence-corrected chi connectivity index (χ1v) is 7.27. The third kappa shape index (κ3) is 2.68. The van der Waals surface area contributed by atoms with Crippen LogP contribution in [0.4, 0.5) is 0 Å². The number of allylic oxidation sites excluding steroid dienone is 1.